The summed E-state index contributed by atoms with van der Waals surface area (Å²) in [5.41, 5.74) is 10.5. The molecule has 0 fully saturated rings. The lowest BCUT2D eigenvalue weighted by atomic mass is 9.91. The standard InChI is InChI=1S/C36H24N2O/c1-3-11-23(12-4-1)37-30-17-9-7-15-25(30)27-21-22-31-33(34(27)37)29-20-19-28-26-16-8-10-18-32(26)39-36(28)35(29)38(31)24-13-5-2-6-14-24/h1-14,16-22,25H,15H2. The molecule has 9 rings (SSSR count). The van der Waals surface area contributed by atoms with Crippen LogP contribution in [0, 0.1) is 0 Å². The Hall–Kier alpha value is -5.02. The van der Waals surface area contributed by atoms with Crippen molar-refractivity contribution in [1.29, 1.82) is 0 Å². The first-order chi connectivity index (χ1) is 19.4. The maximum atomic E-state index is 6.63. The fraction of sp³-hybridized carbons (Fsp3) is 0.0556. The molecule has 1 unspecified atom stereocenters. The summed E-state index contributed by atoms with van der Waals surface area (Å²) in [6, 6.07) is 39.0. The second kappa shape index (κ2) is 7.75. The van der Waals surface area contributed by atoms with Gasteiger partial charge in [-0.2, -0.15) is 0 Å². The second-order valence-electron chi connectivity index (χ2n) is 10.5. The lowest BCUT2D eigenvalue weighted by molar-refractivity contribution is 0.671. The fourth-order valence-electron chi connectivity index (χ4n) is 6.85. The monoisotopic (exact) mass is 500 g/mol. The first kappa shape index (κ1) is 21.0. The number of rotatable bonds is 2. The lowest BCUT2D eigenvalue weighted by Crippen LogP contribution is -2.14. The smallest absolute Gasteiger partial charge is 0.160 e. The molecule has 184 valence electrons. The van der Waals surface area contributed by atoms with Gasteiger partial charge in [0.1, 0.15) is 5.58 Å². The van der Waals surface area contributed by atoms with Gasteiger partial charge < -0.3 is 13.9 Å². The largest absolute Gasteiger partial charge is 0.454 e. The Labute approximate surface area is 225 Å². The van der Waals surface area contributed by atoms with Crippen molar-refractivity contribution in [1.82, 2.24) is 4.57 Å². The predicted octanol–water partition coefficient (Wildman–Crippen LogP) is 9.76. The molecular weight excluding hydrogens is 476 g/mol. The molecule has 3 heteroatoms. The third-order valence-corrected chi connectivity index (χ3v) is 8.46. The Balaban J connectivity index is 1.49. The van der Waals surface area contributed by atoms with Gasteiger partial charge in [0.05, 0.1) is 16.7 Å². The number of allylic oxidation sites excluding steroid dienone is 4. The highest BCUT2D eigenvalue weighted by atomic mass is 16.3. The van der Waals surface area contributed by atoms with Crippen LogP contribution < -0.4 is 4.90 Å². The number of fused-ring (bicyclic) bond motifs is 11. The van der Waals surface area contributed by atoms with Crippen LogP contribution in [0.3, 0.4) is 0 Å². The minimum Gasteiger partial charge on any atom is -0.454 e. The van der Waals surface area contributed by atoms with Gasteiger partial charge in [-0.25, -0.2) is 0 Å². The minimum atomic E-state index is 0.347. The molecular formula is C36H24N2O. The van der Waals surface area contributed by atoms with Gasteiger partial charge in [0.2, 0.25) is 0 Å². The number of para-hydroxylation sites is 3. The van der Waals surface area contributed by atoms with Crippen molar-refractivity contribution in [2.75, 3.05) is 4.90 Å². The van der Waals surface area contributed by atoms with E-state index >= 15 is 0 Å². The van der Waals surface area contributed by atoms with E-state index in [-0.39, 0.29) is 0 Å². The average Bonchev–Trinajstić information content (AvgIpc) is 3.65. The zero-order chi connectivity index (χ0) is 25.5. The predicted molar refractivity (Wildman–Crippen MR) is 161 cm³/mol. The molecule has 1 aliphatic heterocycles. The van der Waals surface area contributed by atoms with E-state index in [1.807, 2.05) is 6.07 Å². The van der Waals surface area contributed by atoms with Crippen molar-refractivity contribution in [2.45, 2.75) is 12.3 Å². The summed E-state index contributed by atoms with van der Waals surface area (Å²) >= 11 is 0. The highest BCUT2D eigenvalue weighted by Crippen LogP contribution is 2.55. The van der Waals surface area contributed by atoms with E-state index in [0.717, 1.165) is 39.6 Å². The van der Waals surface area contributed by atoms with Crippen molar-refractivity contribution in [3.63, 3.8) is 0 Å². The van der Waals surface area contributed by atoms with Gasteiger partial charge in [0.15, 0.2) is 5.58 Å². The van der Waals surface area contributed by atoms with Crippen LogP contribution in [-0.4, -0.2) is 4.57 Å². The SMILES string of the molecule is C1=CCC2C(=C1)N(c1ccccc1)c1c2ccc2c1c1ccc3c4ccccc4oc3c1n2-c1ccccc1. The molecule has 0 bridgehead atoms. The molecule has 3 nitrogen and oxygen atoms in total. The molecule has 3 heterocycles. The van der Waals surface area contributed by atoms with E-state index in [2.05, 4.69) is 131 Å². The third kappa shape index (κ3) is 2.77. The molecule has 0 saturated heterocycles. The van der Waals surface area contributed by atoms with E-state index in [9.17, 15) is 0 Å². The molecule has 0 amide bonds. The van der Waals surface area contributed by atoms with Gasteiger partial charge in [-0.3, -0.25) is 0 Å². The summed E-state index contributed by atoms with van der Waals surface area (Å²) in [5.74, 6) is 0.347. The van der Waals surface area contributed by atoms with Gasteiger partial charge >= 0.3 is 0 Å². The topological polar surface area (TPSA) is 21.3 Å². The number of furan rings is 1. The Morgan fingerprint density at radius 3 is 2.26 bits per heavy atom. The first-order valence-corrected chi connectivity index (χ1v) is 13.6. The molecule has 1 atom stereocenters. The molecule has 0 saturated carbocycles. The Bertz CT molecular complexity index is 2150. The Kier molecular flexibility index (Phi) is 4.17. The summed E-state index contributed by atoms with van der Waals surface area (Å²) in [7, 11) is 0. The van der Waals surface area contributed by atoms with Gasteiger partial charge in [-0.05, 0) is 60.5 Å². The van der Waals surface area contributed by atoms with Crippen molar-refractivity contribution in [3.05, 3.63) is 139 Å². The summed E-state index contributed by atoms with van der Waals surface area (Å²) in [4.78, 5) is 2.49. The van der Waals surface area contributed by atoms with E-state index in [0.29, 0.717) is 5.92 Å². The maximum absolute atomic E-state index is 6.63. The maximum Gasteiger partial charge on any atom is 0.160 e. The molecule has 2 aliphatic rings. The van der Waals surface area contributed by atoms with Crippen LogP contribution in [0.15, 0.2) is 138 Å². The fourth-order valence-corrected chi connectivity index (χ4v) is 6.85. The lowest BCUT2D eigenvalue weighted by Gasteiger charge is -2.25. The van der Waals surface area contributed by atoms with Crippen LogP contribution in [0.1, 0.15) is 17.9 Å². The van der Waals surface area contributed by atoms with Gasteiger partial charge in [-0.1, -0.05) is 78.9 Å². The van der Waals surface area contributed by atoms with Crippen molar-refractivity contribution in [2.24, 2.45) is 0 Å². The molecule has 2 aromatic heterocycles. The first-order valence-electron chi connectivity index (χ1n) is 13.6. The van der Waals surface area contributed by atoms with Crippen molar-refractivity contribution >= 4 is 55.1 Å². The minimum absolute atomic E-state index is 0.347. The summed E-state index contributed by atoms with van der Waals surface area (Å²) < 4.78 is 9.02. The van der Waals surface area contributed by atoms with Crippen molar-refractivity contribution in [3.8, 4) is 5.69 Å². The van der Waals surface area contributed by atoms with Gasteiger partial charge in [0.25, 0.3) is 0 Å². The van der Waals surface area contributed by atoms with Crippen LogP contribution in [0.5, 0.6) is 0 Å². The number of benzene rings is 5. The highest BCUT2D eigenvalue weighted by Gasteiger charge is 2.37. The zero-order valence-electron chi connectivity index (χ0n) is 21.2. The molecule has 39 heavy (non-hydrogen) atoms. The number of hydrogen-bond acceptors (Lipinski definition) is 2. The molecule has 5 aromatic carbocycles. The zero-order valence-corrected chi connectivity index (χ0v) is 21.2. The van der Waals surface area contributed by atoms with E-state index in [1.165, 1.54) is 38.9 Å². The van der Waals surface area contributed by atoms with Gasteiger partial charge in [0, 0.05) is 44.5 Å². The van der Waals surface area contributed by atoms with Crippen LogP contribution >= 0.6 is 0 Å². The Morgan fingerprint density at radius 1 is 0.667 bits per heavy atom. The number of aromatic nitrogens is 1. The average molecular weight is 501 g/mol. The summed E-state index contributed by atoms with van der Waals surface area (Å²) in [6.45, 7) is 0. The van der Waals surface area contributed by atoms with E-state index in [1.54, 1.807) is 0 Å². The van der Waals surface area contributed by atoms with Crippen LogP contribution in [-0.2, 0) is 0 Å². The Morgan fingerprint density at radius 2 is 1.41 bits per heavy atom. The van der Waals surface area contributed by atoms with E-state index in [4.69, 9.17) is 4.42 Å². The van der Waals surface area contributed by atoms with Crippen molar-refractivity contribution < 1.29 is 4.42 Å². The molecule has 0 radical (unpaired) electrons. The van der Waals surface area contributed by atoms with Gasteiger partial charge in [-0.15, -0.1) is 0 Å². The van der Waals surface area contributed by atoms with Crippen LogP contribution in [0.2, 0.25) is 0 Å². The normalized spacial score (nSPS) is 16.4. The summed E-state index contributed by atoms with van der Waals surface area (Å²) in [5, 5.41) is 4.78. The molecule has 1 aliphatic carbocycles. The number of nitrogens with zero attached hydrogens (tertiary/aromatic N) is 2. The number of anilines is 2. The second-order valence-corrected chi connectivity index (χ2v) is 10.5. The summed E-state index contributed by atoms with van der Waals surface area (Å²) in [6.07, 6.45) is 7.80. The molecule has 7 aromatic rings. The van der Waals surface area contributed by atoms with Crippen LogP contribution in [0.25, 0.3) is 49.4 Å². The third-order valence-electron chi connectivity index (χ3n) is 8.46. The van der Waals surface area contributed by atoms with Crippen LogP contribution in [0.4, 0.5) is 11.4 Å². The molecule has 0 spiro atoms. The number of hydrogen-bond donors (Lipinski definition) is 0. The van der Waals surface area contributed by atoms with E-state index < -0.39 is 0 Å². The molecule has 0 N–H and O–H groups in total. The quantitative estimate of drug-likeness (QED) is 0.236. The highest BCUT2D eigenvalue weighted by molar-refractivity contribution is 6.25.